The van der Waals surface area contributed by atoms with Crippen LogP contribution in [0.5, 0.6) is 0 Å². The Morgan fingerprint density at radius 2 is 1.46 bits per heavy atom. The molecule has 0 saturated heterocycles. The summed E-state index contributed by atoms with van der Waals surface area (Å²) in [6.45, 7) is 4.49. The molecular formula is C21H19BrOSi. The second kappa shape index (κ2) is 7.28. The van der Waals surface area contributed by atoms with Gasteiger partial charge in [-0.15, -0.1) is 0 Å². The highest BCUT2D eigenvalue weighted by Crippen LogP contribution is 2.21. The molecule has 0 atom stereocenters. The van der Waals surface area contributed by atoms with Gasteiger partial charge in [0.15, 0.2) is 5.78 Å². The van der Waals surface area contributed by atoms with Crippen molar-refractivity contribution in [1.29, 1.82) is 0 Å². The molecular weight excluding hydrogens is 376 g/mol. The number of hydrogen-bond acceptors (Lipinski definition) is 1. The van der Waals surface area contributed by atoms with Gasteiger partial charge in [-0.25, -0.2) is 0 Å². The highest BCUT2D eigenvalue weighted by atomic mass is 79.9. The number of carbonyl (C=O) groups is 1. The van der Waals surface area contributed by atoms with Crippen molar-refractivity contribution in [2.45, 2.75) is 13.1 Å². The van der Waals surface area contributed by atoms with E-state index < -0.39 is 8.80 Å². The van der Waals surface area contributed by atoms with Crippen LogP contribution in [0.15, 0.2) is 77.3 Å². The van der Waals surface area contributed by atoms with E-state index in [1.165, 1.54) is 5.19 Å². The molecule has 0 bridgehead atoms. The van der Waals surface area contributed by atoms with Crippen LogP contribution < -0.4 is 5.19 Å². The van der Waals surface area contributed by atoms with Crippen molar-refractivity contribution in [2.75, 3.05) is 0 Å². The van der Waals surface area contributed by atoms with Crippen molar-refractivity contribution in [3.8, 4) is 11.1 Å². The fraction of sp³-hybridized carbons (Fsp3) is 0.0952. The van der Waals surface area contributed by atoms with Crippen molar-refractivity contribution in [2.24, 2.45) is 0 Å². The Morgan fingerprint density at radius 1 is 0.833 bits per heavy atom. The van der Waals surface area contributed by atoms with Crippen LogP contribution in [0, 0.1) is 0 Å². The normalized spacial score (nSPS) is 10.8. The fourth-order valence-corrected chi connectivity index (χ4v) is 4.80. The molecule has 0 N–H and O–H groups in total. The molecule has 0 heterocycles. The first kappa shape index (κ1) is 16.9. The number of halogens is 1. The van der Waals surface area contributed by atoms with Gasteiger partial charge in [-0.1, -0.05) is 94.9 Å². The molecule has 3 aromatic rings. The SMILES string of the molecule is C[SiH](C)c1cc(Br)ccc1C(=O)c1ccc(-c2ccccc2)cc1. The number of carbonyl (C=O) groups excluding carboxylic acids is 1. The Morgan fingerprint density at radius 3 is 2.08 bits per heavy atom. The highest BCUT2D eigenvalue weighted by molar-refractivity contribution is 9.10. The molecule has 0 unspecified atom stereocenters. The molecule has 0 fully saturated rings. The van der Waals surface area contributed by atoms with Gasteiger partial charge < -0.3 is 0 Å². The van der Waals surface area contributed by atoms with Crippen molar-refractivity contribution >= 4 is 35.7 Å². The molecule has 0 aromatic heterocycles. The first-order chi connectivity index (χ1) is 11.6. The topological polar surface area (TPSA) is 17.1 Å². The summed E-state index contributed by atoms with van der Waals surface area (Å²) >= 11 is 3.52. The minimum atomic E-state index is -1.09. The van der Waals surface area contributed by atoms with E-state index in [2.05, 4.69) is 47.2 Å². The summed E-state index contributed by atoms with van der Waals surface area (Å²) in [6.07, 6.45) is 0. The Bertz CT molecular complexity index is 855. The van der Waals surface area contributed by atoms with Crippen LogP contribution in [0.4, 0.5) is 0 Å². The number of rotatable bonds is 4. The molecule has 3 rings (SSSR count). The highest BCUT2D eigenvalue weighted by Gasteiger charge is 2.16. The number of benzene rings is 3. The Kier molecular flexibility index (Phi) is 5.12. The van der Waals surface area contributed by atoms with Crippen LogP contribution in [0.2, 0.25) is 13.1 Å². The van der Waals surface area contributed by atoms with Gasteiger partial charge in [0.1, 0.15) is 0 Å². The van der Waals surface area contributed by atoms with Crippen LogP contribution >= 0.6 is 15.9 Å². The van der Waals surface area contributed by atoms with Crippen LogP contribution in [0.3, 0.4) is 0 Å². The summed E-state index contributed by atoms with van der Waals surface area (Å²) in [5.41, 5.74) is 3.87. The van der Waals surface area contributed by atoms with Crippen molar-refractivity contribution in [3.05, 3.63) is 88.4 Å². The molecule has 0 spiro atoms. The predicted molar refractivity (Wildman–Crippen MR) is 108 cm³/mol. The lowest BCUT2D eigenvalue weighted by molar-refractivity contribution is 0.104. The summed E-state index contributed by atoms with van der Waals surface area (Å²) in [7, 11) is -1.09. The molecule has 0 saturated carbocycles. The van der Waals surface area contributed by atoms with Gasteiger partial charge in [0.2, 0.25) is 0 Å². The molecule has 0 aliphatic rings. The summed E-state index contributed by atoms with van der Waals surface area (Å²) < 4.78 is 1.04. The molecule has 0 aliphatic carbocycles. The van der Waals surface area contributed by atoms with E-state index in [4.69, 9.17) is 0 Å². The fourth-order valence-electron chi connectivity index (χ4n) is 2.82. The van der Waals surface area contributed by atoms with Gasteiger partial charge in [-0.05, 0) is 23.3 Å². The lowest BCUT2D eigenvalue weighted by atomic mass is 9.99. The third kappa shape index (κ3) is 3.58. The first-order valence-electron chi connectivity index (χ1n) is 8.06. The second-order valence-corrected chi connectivity index (χ2v) is 10.0. The van der Waals surface area contributed by atoms with Crippen LogP contribution in [-0.2, 0) is 0 Å². The minimum Gasteiger partial charge on any atom is -0.289 e. The van der Waals surface area contributed by atoms with E-state index in [-0.39, 0.29) is 5.78 Å². The Labute approximate surface area is 153 Å². The average Bonchev–Trinajstić information content (AvgIpc) is 2.62. The molecule has 120 valence electrons. The van der Waals surface area contributed by atoms with E-state index in [1.54, 1.807) is 0 Å². The van der Waals surface area contributed by atoms with E-state index in [1.807, 2.05) is 54.6 Å². The molecule has 0 amide bonds. The summed E-state index contributed by atoms with van der Waals surface area (Å²) in [6, 6.07) is 24.1. The largest absolute Gasteiger partial charge is 0.289 e. The van der Waals surface area contributed by atoms with Crippen molar-refractivity contribution in [3.63, 3.8) is 0 Å². The maximum absolute atomic E-state index is 12.9. The predicted octanol–water partition coefficient (Wildman–Crippen LogP) is 5.04. The Hall–Kier alpha value is -1.97. The molecule has 0 aliphatic heterocycles. The Balaban J connectivity index is 1.94. The molecule has 3 aromatic carbocycles. The van der Waals surface area contributed by atoms with Gasteiger partial charge in [0.25, 0.3) is 0 Å². The third-order valence-corrected chi connectivity index (χ3v) is 6.35. The molecule has 3 heteroatoms. The zero-order valence-electron chi connectivity index (χ0n) is 13.8. The molecule has 0 radical (unpaired) electrons. The van der Waals surface area contributed by atoms with Gasteiger partial charge in [0, 0.05) is 15.6 Å². The summed E-state index contributed by atoms with van der Waals surface area (Å²) in [5, 5.41) is 1.21. The summed E-state index contributed by atoms with van der Waals surface area (Å²) in [4.78, 5) is 12.9. The second-order valence-electron chi connectivity index (χ2n) is 6.16. The smallest absolute Gasteiger partial charge is 0.192 e. The maximum atomic E-state index is 12.9. The van der Waals surface area contributed by atoms with E-state index in [0.29, 0.717) is 0 Å². The lowest BCUT2D eigenvalue weighted by Gasteiger charge is -2.12. The zero-order chi connectivity index (χ0) is 17.1. The van der Waals surface area contributed by atoms with Crippen LogP contribution in [-0.4, -0.2) is 14.6 Å². The third-order valence-electron chi connectivity index (χ3n) is 4.13. The van der Waals surface area contributed by atoms with Crippen molar-refractivity contribution in [1.82, 2.24) is 0 Å². The molecule has 24 heavy (non-hydrogen) atoms. The van der Waals surface area contributed by atoms with Gasteiger partial charge in [-0.3, -0.25) is 4.79 Å². The van der Waals surface area contributed by atoms with Gasteiger partial charge >= 0.3 is 0 Å². The van der Waals surface area contributed by atoms with Gasteiger partial charge in [-0.2, -0.15) is 0 Å². The first-order valence-corrected chi connectivity index (χ1v) is 11.7. The van der Waals surface area contributed by atoms with E-state index >= 15 is 0 Å². The summed E-state index contributed by atoms with van der Waals surface area (Å²) in [5.74, 6) is 0.110. The van der Waals surface area contributed by atoms with Crippen molar-refractivity contribution < 1.29 is 4.79 Å². The number of ketones is 1. The monoisotopic (exact) mass is 394 g/mol. The quantitative estimate of drug-likeness (QED) is 0.447. The zero-order valence-corrected chi connectivity index (χ0v) is 16.5. The van der Waals surface area contributed by atoms with E-state index in [0.717, 1.165) is 26.7 Å². The maximum Gasteiger partial charge on any atom is 0.192 e. The standard InChI is InChI=1S/C21H19BrOSi/c1-24(2)20-14-18(22)12-13-19(20)21(23)17-10-8-16(9-11-17)15-6-4-3-5-7-15/h3-14,24H,1-2H3. The van der Waals surface area contributed by atoms with Crippen LogP contribution in [0.1, 0.15) is 15.9 Å². The minimum absolute atomic E-state index is 0.110. The number of hydrogen-bond donors (Lipinski definition) is 0. The lowest BCUT2D eigenvalue weighted by Crippen LogP contribution is -2.29. The van der Waals surface area contributed by atoms with Gasteiger partial charge in [0.05, 0.1) is 8.80 Å². The molecule has 1 nitrogen and oxygen atoms in total. The van der Waals surface area contributed by atoms with Crippen LogP contribution in [0.25, 0.3) is 11.1 Å². The average molecular weight is 395 g/mol. The van der Waals surface area contributed by atoms with E-state index in [9.17, 15) is 4.79 Å².